The summed E-state index contributed by atoms with van der Waals surface area (Å²) in [6.45, 7) is 6.72. The Morgan fingerprint density at radius 3 is 3.16 bits per heavy atom. The van der Waals surface area contributed by atoms with E-state index < -0.39 is 0 Å². The predicted molar refractivity (Wildman–Crippen MR) is 75.5 cm³/mol. The number of morpholine rings is 1. The van der Waals surface area contributed by atoms with E-state index in [4.69, 9.17) is 15.2 Å². The van der Waals surface area contributed by atoms with Crippen LogP contribution in [0.15, 0.2) is 12.1 Å². The average Bonchev–Trinajstić information content (AvgIpc) is 2.46. The molecule has 106 valence electrons. The van der Waals surface area contributed by atoms with E-state index in [2.05, 4.69) is 22.1 Å². The van der Waals surface area contributed by atoms with Crippen LogP contribution in [0.5, 0.6) is 5.88 Å². The van der Waals surface area contributed by atoms with E-state index in [0.717, 1.165) is 38.6 Å². The maximum atomic E-state index is 5.73. The molecule has 1 aliphatic heterocycles. The Hall–Kier alpha value is -1.53. The first-order chi connectivity index (χ1) is 9.22. The van der Waals surface area contributed by atoms with Crippen LogP contribution in [-0.2, 0) is 4.74 Å². The molecule has 0 amide bonds. The Balaban J connectivity index is 1.88. The Bertz CT molecular complexity index is 414. The fourth-order valence-electron chi connectivity index (χ4n) is 2.12. The van der Waals surface area contributed by atoms with Gasteiger partial charge in [0.1, 0.15) is 5.82 Å². The summed E-state index contributed by atoms with van der Waals surface area (Å²) < 4.78 is 10.8. The van der Waals surface area contributed by atoms with Gasteiger partial charge in [0.15, 0.2) is 0 Å². The fraction of sp³-hybridized carbons (Fsp3) is 0.615. The van der Waals surface area contributed by atoms with Crippen LogP contribution in [0.1, 0.15) is 6.92 Å². The molecule has 2 rings (SSSR count). The van der Waals surface area contributed by atoms with Gasteiger partial charge in [0.2, 0.25) is 5.88 Å². The van der Waals surface area contributed by atoms with Gasteiger partial charge in [0.25, 0.3) is 0 Å². The van der Waals surface area contributed by atoms with Crippen molar-refractivity contribution in [2.24, 2.45) is 0 Å². The van der Waals surface area contributed by atoms with E-state index in [9.17, 15) is 0 Å². The Kier molecular flexibility index (Phi) is 4.81. The summed E-state index contributed by atoms with van der Waals surface area (Å²) in [5.74, 6) is 1.20. The lowest BCUT2D eigenvalue weighted by atomic mass is 10.2. The van der Waals surface area contributed by atoms with E-state index >= 15 is 0 Å². The van der Waals surface area contributed by atoms with Crippen molar-refractivity contribution in [2.45, 2.75) is 13.0 Å². The third kappa shape index (κ3) is 3.71. The standard InChI is InChI=1S/C13H22N4O2/c1-3-17-6-7-19-10(9-17)8-15-12-5-4-11(14)13(16-12)18-2/h4-5,10H,3,6-9,14H2,1-2H3,(H,15,16). The molecule has 1 saturated heterocycles. The lowest BCUT2D eigenvalue weighted by molar-refractivity contribution is -0.0192. The van der Waals surface area contributed by atoms with Gasteiger partial charge in [-0.1, -0.05) is 6.92 Å². The molecule has 0 bridgehead atoms. The van der Waals surface area contributed by atoms with Crippen LogP contribution in [-0.4, -0.2) is 55.9 Å². The Morgan fingerprint density at radius 1 is 1.58 bits per heavy atom. The fourth-order valence-corrected chi connectivity index (χ4v) is 2.12. The van der Waals surface area contributed by atoms with Gasteiger partial charge >= 0.3 is 0 Å². The number of anilines is 2. The van der Waals surface area contributed by atoms with E-state index in [0.29, 0.717) is 11.6 Å². The van der Waals surface area contributed by atoms with Crippen LogP contribution in [0.2, 0.25) is 0 Å². The molecular weight excluding hydrogens is 244 g/mol. The van der Waals surface area contributed by atoms with Gasteiger partial charge in [0.05, 0.1) is 25.5 Å². The molecule has 2 heterocycles. The maximum Gasteiger partial charge on any atom is 0.238 e. The van der Waals surface area contributed by atoms with E-state index in [1.165, 1.54) is 0 Å². The summed E-state index contributed by atoms with van der Waals surface area (Å²) in [6.07, 6.45) is 0.194. The van der Waals surface area contributed by atoms with Gasteiger partial charge in [-0.3, -0.25) is 4.90 Å². The number of rotatable bonds is 5. The van der Waals surface area contributed by atoms with Crippen LogP contribution in [0.25, 0.3) is 0 Å². The number of nitrogen functional groups attached to an aromatic ring is 1. The van der Waals surface area contributed by atoms with Crippen molar-refractivity contribution in [1.82, 2.24) is 9.88 Å². The van der Waals surface area contributed by atoms with Crippen LogP contribution >= 0.6 is 0 Å². The van der Waals surface area contributed by atoms with Crippen LogP contribution in [0.4, 0.5) is 11.5 Å². The lowest BCUT2D eigenvalue weighted by Gasteiger charge is -2.32. The number of nitrogens with zero attached hydrogens (tertiary/aromatic N) is 2. The third-order valence-corrected chi connectivity index (χ3v) is 3.26. The second-order valence-electron chi connectivity index (χ2n) is 4.56. The summed E-state index contributed by atoms with van der Waals surface area (Å²) in [5.41, 5.74) is 6.27. The third-order valence-electron chi connectivity index (χ3n) is 3.26. The molecular formula is C13H22N4O2. The predicted octanol–water partition coefficient (Wildman–Crippen LogP) is 0.805. The summed E-state index contributed by atoms with van der Waals surface area (Å²) in [5, 5.41) is 3.26. The van der Waals surface area contributed by atoms with E-state index in [-0.39, 0.29) is 6.10 Å². The highest BCUT2D eigenvalue weighted by Gasteiger charge is 2.19. The zero-order chi connectivity index (χ0) is 13.7. The average molecular weight is 266 g/mol. The number of nitrogens with one attached hydrogen (secondary N) is 1. The van der Waals surface area contributed by atoms with Gasteiger partial charge in [-0.15, -0.1) is 0 Å². The highest BCUT2D eigenvalue weighted by atomic mass is 16.5. The highest BCUT2D eigenvalue weighted by molar-refractivity contribution is 5.53. The zero-order valence-corrected chi connectivity index (χ0v) is 11.6. The molecule has 1 aliphatic rings. The molecule has 0 spiro atoms. The maximum absolute atomic E-state index is 5.73. The Labute approximate surface area is 113 Å². The summed E-state index contributed by atoms with van der Waals surface area (Å²) >= 11 is 0. The quantitative estimate of drug-likeness (QED) is 0.821. The van der Waals surface area contributed by atoms with Crippen molar-refractivity contribution in [2.75, 3.05) is 50.9 Å². The van der Waals surface area contributed by atoms with Crippen molar-refractivity contribution in [3.63, 3.8) is 0 Å². The molecule has 0 radical (unpaired) electrons. The minimum Gasteiger partial charge on any atom is -0.479 e. The Morgan fingerprint density at radius 2 is 2.42 bits per heavy atom. The number of nitrogens with two attached hydrogens (primary N) is 1. The first-order valence-corrected chi connectivity index (χ1v) is 6.61. The van der Waals surface area contributed by atoms with E-state index in [1.54, 1.807) is 13.2 Å². The minimum absolute atomic E-state index is 0.194. The molecule has 3 N–H and O–H groups in total. The molecule has 1 aromatic rings. The van der Waals surface area contributed by atoms with Crippen LogP contribution in [0, 0.1) is 0 Å². The lowest BCUT2D eigenvalue weighted by Crippen LogP contribution is -2.45. The van der Waals surface area contributed by atoms with Crippen LogP contribution < -0.4 is 15.8 Å². The molecule has 19 heavy (non-hydrogen) atoms. The topological polar surface area (TPSA) is 72.6 Å². The van der Waals surface area contributed by atoms with Crippen molar-refractivity contribution in [3.05, 3.63) is 12.1 Å². The van der Waals surface area contributed by atoms with Crippen molar-refractivity contribution in [3.8, 4) is 5.88 Å². The van der Waals surface area contributed by atoms with Gasteiger partial charge in [0, 0.05) is 19.6 Å². The second kappa shape index (κ2) is 6.58. The van der Waals surface area contributed by atoms with Crippen molar-refractivity contribution < 1.29 is 9.47 Å². The van der Waals surface area contributed by atoms with Gasteiger partial charge < -0.3 is 20.5 Å². The number of aromatic nitrogens is 1. The summed E-state index contributed by atoms with van der Waals surface area (Å²) in [4.78, 5) is 6.67. The number of likely N-dealkylation sites (N-methyl/N-ethyl adjacent to an activating group) is 1. The first kappa shape index (κ1) is 13.9. The molecule has 6 heteroatoms. The number of ether oxygens (including phenoxy) is 2. The molecule has 1 unspecified atom stereocenters. The number of hydrogen-bond acceptors (Lipinski definition) is 6. The molecule has 0 saturated carbocycles. The van der Waals surface area contributed by atoms with Gasteiger partial charge in [-0.2, -0.15) is 4.98 Å². The van der Waals surface area contributed by atoms with E-state index in [1.807, 2.05) is 6.07 Å². The van der Waals surface area contributed by atoms with Crippen molar-refractivity contribution >= 4 is 11.5 Å². The summed E-state index contributed by atoms with van der Waals surface area (Å²) in [6, 6.07) is 3.63. The van der Waals surface area contributed by atoms with Crippen molar-refractivity contribution in [1.29, 1.82) is 0 Å². The zero-order valence-electron chi connectivity index (χ0n) is 11.6. The number of methoxy groups -OCH3 is 1. The largest absolute Gasteiger partial charge is 0.479 e. The van der Waals surface area contributed by atoms with Crippen LogP contribution in [0.3, 0.4) is 0 Å². The molecule has 6 nitrogen and oxygen atoms in total. The number of hydrogen-bond donors (Lipinski definition) is 2. The van der Waals surface area contributed by atoms with Gasteiger partial charge in [-0.25, -0.2) is 0 Å². The monoisotopic (exact) mass is 266 g/mol. The van der Waals surface area contributed by atoms with Gasteiger partial charge in [-0.05, 0) is 18.7 Å². The first-order valence-electron chi connectivity index (χ1n) is 6.61. The second-order valence-corrected chi connectivity index (χ2v) is 4.56. The minimum atomic E-state index is 0.194. The molecule has 1 fully saturated rings. The molecule has 1 atom stereocenters. The molecule has 0 aliphatic carbocycles. The smallest absolute Gasteiger partial charge is 0.238 e. The number of pyridine rings is 1. The molecule has 0 aromatic carbocycles. The SMILES string of the molecule is CCN1CCOC(CNc2ccc(N)c(OC)n2)C1. The molecule has 1 aromatic heterocycles. The summed E-state index contributed by atoms with van der Waals surface area (Å²) in [7, 11) is 1.56. The normalized spacial score (nSPS) is 20.2. The highest BCUT2D eigenvalue weighted by Crippen LogP contribution is 2.20.